The maximum Gasteiger partial charge on any atom is 0.0470 e. The van der Waals surface area contributed by atoms with Crippen LogP contribution in [0.25, 0.3) is 0 Å². The van der Waals surface area contributed by atoms with Crippen molar-refractivity contribution in [3.63, 3.8) is 0 Å². The highest BCUT2D eigenvalue weighted by atomic mass is 15.3. The van der Waals surface area contributed by atoms with Crippen molar-refractivity contribution in [3.05, 3.63) is 0 Å². The molecule has 0 saturated carbocycles. The van der Waals surface area contributed by atoms with E-state index in [0.717, 1.165) is 24.9 Å². The highest BCUT2D eigenvalue weighted by Crippen LogP contribution is 2.28. The molecule has 1 rings (SSSR count). The van der Waals surface area contributed by atoms with E-state index in [4.69, 9.17) is 5.73 Å². The van der Waals surface area contributed by atoms with E-state index >= 15 is 0 Å². The van der Waals surface area contributed by atoms with Gasteiger partial charge >= 0.3 is 0 Å². The SMILES string of the molecule is CC(C)CCN(CCC(C)C)C1(CN)CCN(C)C1. The molecule has 0 amide bonds. The monoisotopic (exact) mass is 269 g/mol. The maximum atomic E-state index is 6.18. The molecule has 1 heterocycles. The van der Waals surface area contributed by atoms with Crippen molar-refractivity contribution in [1.29, 1.82) is 0 Å². The second kappa shape index (κ2) is 7.61. The van der Waals surface area contributed by atoms with E-state index in [9.17, 15) is 0 Å². The lowest BCUT2D eigenvalue weighted by molar-refractivity contribution is 0.0900. The van der Waals surface area contributed by atoms with Gasteiger partial charge in [0, 0.05) is 18.6 Å². The fraction of sp³-hybridized carbons (Fsp3) is 1.00. The molecule has 1 fully saturated rings. The minimum atomic E-state index is 0.235. The Hall–Kier alpha value is -0.120. The van der Waals surface area contributed by atoms with Crippen LogP contribution in [0.4, 0.5) is 0 Å². The number of likely N-dealkylation sites (N-methyl/N-ethyl adjacent to an activating group) is 1. The maximum absolute atomic E-state index is 6.18. The van der Waals surface area contributed by atoms with Crippen LogP contribution in [0, 0.1) is 11.8 Å². The molecule has 2 N–H and O–H groups in total. The summed E-state index contributed by atoms with van der Waals surface area (Å²) in [5.41, 5.74) is 6.41. The largest absolute Gasteiger partial charge is 0.329 e. The second-order valence-corrected chi connectivity index (χ2v) is 7.27. The standard InChI is InChI=1S/C16H35N3/c1-14(2)6-9-19(10-7-15(3)4)16(12-17)8-11-18(5)13-16/h14-15H,6-13,17H2,1-5H3. The molecule has 0 radical (unpaired) electrons. The summed E-state index contributed by atoms with van der Waals surface area (Å²) in [6, 6.07) is 0. The Bertz CT molecular complexity index is 240. The van der Waals surface area contributed by atoms with Crippen LogP contribution in [0.2, 0.25) is 0 Å². The summed E-state index contributed by atoms with van der Waals surface area (Å²) in [5, 5.41) is 0. The molecule has 0 aromatic rings. The Balaban J connectivity index is 2.68. The van der Waals surface area contributed by atoms with E-state index in [2.05, 4.69) is 44.5 Å². The Kier molecular flexibility index (Phi) is 6.78. The molecule has 19 heavy (non-hydrogen) atoms. The lowest BCUT2D eigenvalue weighted by atomic mass is 9.94. The molecule has 0 spiro atoms. The van der Waals surface area contributed by atoms with Crippen LogP contribution in [0.15, 0.2) is 0 Å². The molecule has 0 aromatic carbocycles. The smallest absolute Gasteiger partial charge is 0.0470 e. The van der Waals surface area contributed by atoms with Gasteiger partial charge in [-0.3, -0.25) is 4.90 Å². The van der Waals surface area contributed by atoms with Crippen LogP contribution in [0.3, 0.4) is 0 Å². The van der Waals surface area contributed by atoms with E-state index in [1.807, 2.05) is 0 Å². The first-order chi connectivity index (χ1) is 8.89. The summed E-state index contributed by atoms with van der Waals surface area (Å²) >= 11 is 0. The minimum Gasteiger partial charge on any atom is -0.329 e. The summed E-state index contributed by atoms with van der Waals surface area (Å²) in [7, 11) is 2.22. The quantitative estimate of drug-likeness (QED) is 0.734. The molecule has 0 aliphatic carbocycles. The van der Waals surface area contributed by atoms with Crippen molar-refractivity contribution in [1.82, 2.24) is 9.80 Å². The highest BCUT2D eigenvalue weighted by Gasteiger charge is 2.40. The molecule has 1 unspecified atom stereocenters. The number of nitrogens with zero attached hydrogens (tertiary/aromatic N) is 2. The summed E-state index contributed by atoms with van der Waals surface area (Å²) in [5.74, 6) is 1.55. The van der Waals surface area contributed by atoms with Gasteiger partial charge in [-0.2, -0.15) is 0 Å². The molecule has 1 atom stereocenters. The average Bonchev–Trinajstić information content (AvgIpc) is 2.71. The fourth-order valence-corrected chi connectivity index (χ4v) is 3.03. The Morgan fingerprint density at radius 3 is 1.95 bits per heavy atom. The van der Waals surface area contributed by atoms with E-state index in [1.54, 1.807) is 0 Å². The Morgan fingerprint density at radius 2 is 1.63 bits per heavy atom. The van der Waals surface area contributed by atoms with Crippen molar-refractivity contribution in [2.75, 3.05) is 39.8 Å². The van der Waals surface area contributed by atoms with Crippen molar-refractivity contribution in [2.45, 2.75) is 52.5 Å². The van der Waals surface area contributed by atoms with Gasteiger partial charge in [0.15, 0.2) is 0 Å². The number of nitrogens with two attached hydrogens (primary N) is 1. The van der Waals surface area contributed by atoms with Crippen LogP contribution >= 0.6 is 0 Å². The predicted octanol–water partition coefficient (Wildman–Crippen LogP) is 2.41. The van der Waals surface area contributed by atoms with Gasteiger partial charge in [-0.25, -0.2) is 0 Å². The van der Waals surface area contributed by atoms with Crippen LogP contribution in [0.1, 0.15) is 47.0 Å². The molecule has 1 aliphatic heterocycles. The molecular weight excluding hydrogens is 234 g/mol. The fourth-order valence-electron chi connectivity index (χ4n) is 3.03. The molecule has 0 bridgehead atoms. The summed E-state index contributed by atoms with van der Waals surface area (Å²) in [6.45, 7) is 14.8. The number of hydrogen-bond acceptors (Lipinski definition) is 3. The zero-order valence-electron chi connectivity index (χ0n) is 13.8. The molecule has 3 nitrogen and oxygen atoms in total. The first kappa shape index (κ1) is 16.9. The van der Waals surface area contributed by atoms with Crippen molar-refractivity contribution in [2.24, 2.45) is 17.6 Å². The van der Waals surface area contributed by atoms with E-state index in [0.29, 0.717) is 0 Å². The van der Waals surface area contributed by atoms with Gasteiger partial charge in [0.05, 0.1) is 0 Å². The Labute approximate surface area is 120 Å². The molecule has 3 heteroatoms. The lowest BCUT2D eigenvalue weighted by Crippen LogP contribution is -2.56. The topological polar surface area (TPSA) is 32.5 Å². The van der Waals surface area contributed by atoms with Gasteiger partial charge < -0.3 is 10.6 Å². The van der Waals surface area contributed by atoms with Gasteiger partial charge in [0.1, 0.15) is 0 Å². The van der Waals surface area contributed by atoms with E-state index in [-0.39, 0.29) is 5.54 Å². The third-order valence-electron chi connectivity index (χ3n) is 4.53. The summed E-state index contributed by atoms with van der Waals surface area (Å²) in [6.07, 6.45) is 3.79. The van der Waals surface area contributed by atoms with Crippen LogP contribution < -0.4 is 5.73 Å². The van der Waals surface area contributed by atoms with Gasteiger partial charge in [0.25, 0.3) is 0 Å². The lowest BCUT2D eigenvalue weighted by Gasteiger charge is -2.41. The number of hydrogen-bond donors (Lipinski definition) is 1. The highest BCUT2D eigenvalue weighted by molar-refractivity contribution is 4.99. The van der Waals surface area contributed by atoms with Crippen LogP contribution in [-0.2, 0) is 0 Å². The van der Waals surface area contributed by atoms with Gasteiger partial charge in [-0.15, -0.1) is 0 Å². The van der Waals surface area contributed by atoms with Crippen LogP contribution in [-0.4, -0.2) is 55.1 Å². The second-order valence-electron chi connectivity index (χ2n) is 7.27. The summed E-state index contributed by atoms with van der Waals surface area (Å²) < 4.78 is 0. The van der Waals surface area contributed by atoms with Crippen molar-refractivity contribution >= 4 is 0 Å². The van der Waals surface area contributed by atoms with Crippen molar-refractivity contribution in [3.8, 4) is 0 Å². The third-order valence-corrected chi connectivity index (χ3v) is 4.53. The van der Waals surface area contributed by atoms with Gasteiger partial charge in [-0.1, -0.05) is 27.7 Å². The summed E-state index contributed by atoms with van der Waals surface area (Å²) in [4.78, 5) is 5.14. The van der Waals surface area contributed by atoms with Crippen LogP contribution in [0.5, 0.6) is 0 Å². The minimum absolute atomic E-state index is 0.235. The number of rotatable bonds is 8. The molecular formula is C16H35N3. The molecule has 1 saturated heterocycles. The normalized spacial score (nSPS) is 25.1. The number of likely N-dealkylation sites (tertiary alicyclic amines) is 1. The van der Waals surface area contributed by atoms with E-state index in [1.165, 1.54) is 38.9 Å². The third kappa shape index (κ3) is 5.05. The molecule has 0 aromatic heterocycles. The Morgan fingerprint density at radius 1 is 1.11 bits per heavy atom. The molecule has 114 valence electrons. The predicted molar refractivity (Wildman–Crippen MR) is 84.4 cm³/mol. The van der Waals surface area contributed by atoms with Crippen molar-refractivity contribution < 1.29 is 0 Å². The zero-order chi connectivity index (χ0) is 14.5. The first-order valence-electron chi connectivity index (χ1n) is 8.03. The zero-order valence-corrected chi connectivity index (χ0v) is 13.8. The molecule has 1 aliphatic rings. The van der Waals surface area contributed by atoms with E-state index < -0.39 is 0 Å². The average molecular weight is 269 g/mol. The van der Waals surface area contributed by atoms with Gasteiger partial charge in [-0.05, 0) is 57.8 Å². The van der Waals surface area contributed by atoms with Gasteiger partial charge in [0.2, 0.25) is 0 Å². The first-order valence-corrected chi connectivity index (χ1v) is 8.03.